The van der Waals surface area contributed by atoms with Gasteiger partial charge in [0.1, 0.15) is 6.04 Å². The number of halogens is 1. The van der Waals surface area contributed by atoms with E-state index in [0.29, 0.717) is 45.2 Å². The van der Waals surface area contributed by atoms with Gasteiger partial charge in [0, 0.05) is 5.56 Å². The minimum atomic E-state index is -0.790. The van der Waals surface area contributed by atoms with Crippen molar-refractivity contribution in [1.29, 1.82) is 0 Å². The lowest BCUT2D eigenvalue weighted by molar-refractivity contribution is -0.123. The number of benzene rings is 2. The number of ether oxygens (including phenoxy) is 4. The highest BCUT2D eigenvalue weighted by atomic mass is 79.9. The zero-order valence-corrected chi connectivity index (χ0v) is 20.4. The largest absolute Gasteiger partial charge is 0.492 e. The van der Waals surface area contributed by atoms with Crippen LogP contribution in [-0.2, 0) is 4.79 Å². The molecule has 0 aliphatic carbocycles. The third-order valence-electron chi connectivity index (χ3n) is 4.79. The summed E-state index contributed by atoms with van der Waals surface area (Å²) in [6.07, 6.45) is 1.49. The van der Waals surface area contributed by atoms with Gasteiger partial charge in [-0.3, -0.25) is 9.59 Å². The van der Waals surface area contributed by atoms with Gasteiger partial charge in [-0.15, -0.1) is 0 Å². The van der Waals surface area contributed by atoms with Gasteiger partial charge in [-0.25, -0.2) is 5.43 Å². The summed E-state index contributed by atoms with van der Waals surface area (Å²) in [5.41, 5.74) is 3.55. The maximum absolute atomic E-state index is 12.7. The van der Waals surface area contributed by atoms with Gasteiger partial charge in [0.2, 0.25) is 6.79 Å². The van der Waals surface area contributed by atoms with Gasteiger partial charge in [-0.05, 0) is 64.7 Å². The second-order valence-corrected chi connectivity index (χ2v) is 8.32. The standard InChI is InChI=1S/C23H26BrN3O6/c1-5-31-19-9-14(8-16(24)21(19)30-4)11-25-27-23(29)20(13(2)3)26-22(28)15-6-7-17-18(10-15)33-12-32-17/h6-11,13,20H,5,12H2,1-4H3,(H,26,28)(H,27,29). The van der Waals surface area contributed by atoms with E-state index in [-0.39, 0.29) is 12.7 Å². The highest BCUT2D eigenvalue weighted by Crippen LogP contribution is 2.36. The minimum absolute atomic E-state index is 0.117. The van der Waals surface area contributed by atoms with E-state index in [1.807, 2.05) is 20.8 Å². The van der Waals surface area contributed by atoms with Crippen molar-refractivity contribution in [2.75, 3.05) is 20.5 Å². The van der Waals surface area contributed by atoms with E-state index in [9.17, 15) is 9.59 Å². The Balaban J connectivity index is 1.67. The van der Waals surface area contributed by atoms with E-state index in [1.54, 1.807) is 37.4 Å². The number of nitrogens with zero attached hydrogens (tertiary/aromatic N) is 1. The van der Waals surface area contributed by atoms with Crippen LogP contribution in [0.2, 0.25) is 0 Å². The fourth-order valence-electron chi connectivity index (χ4n) is 3.16. The Labute approximate surface area is 200 Å². The van der Waals surface area contributed by atoms with Gasteiger partial charge in [0.15, 0.2) is 23.0 Å². The summed E-state index contributed by atoms with van der Waals surface area (Å²) < 4.78 is 22.2. The molecule has 10 heteroatoms. The molecule has 2 N–H and O–H groups in total. The zero-order valence-electron chi connectivity index (χ0n) is 18.8. The van der Waals surface area contributed by atoms with Gasteiger partial charge in [0.25, 0.3) is 11.8 Å². The van der Waals surface area contributed by atoms with E-state index in [1.165, 1.54) is 6.21 Å². The average molecular weight is 520 g/mol. The van der Waals surface area contributed by atoms with Crippen LogP contribution >= 0.6 is 15.9 Å². The minimum Gasteiger partial charge on any atom is -0.492 e. The molecule has 0 saturated heterocycles. The molecule has 0 spiro atoms. The predicted molar refractivity (Wildman–Crippen MR) is 126 cm³/mol. The first-order chi connectivity index (χ1) is 15.8. The Morgan fingerprint density at radius 3 is 2.67 bits per heavy atom. The third kappa shape index (κ3) is 5.95. The van der Waals surface area contributed by atoms with E-state index in [4.69, 9.17) is 18.9 Å². The van der Waals surface area contributed by atoms with Crippen molar-refractivity contribution in [1.82, 2.24) is 10.7 Å². The Hall–Kier alpha value is -3.27. The van der Waals surface area contributed by atoms with Crippen LogP contribution in [0.4, 0.5) is 0 Å². The second kappa shape index (κ2) is 11.0. The number of hydrazone groups is 1. The molecular weight excluding hydrogens is 494 g/mol. The van der Waals surface area contributed by atoms with Crippen LogP contribution in [0.1, 0.15) is 36.7 Å². The number of nitrogens with one attached hydrogen (secondary N) is 2. The number of methoxy groups -OCH3 is 1. The topological polar surface area (TPSA) is 107 Å². The van der Waals surface area contributed by atoms with Crippen LogP contribution < -0.4 is 29.7 Å². The first-order valence-corrected chi connectivity index (χ1v) is 11.2. The summed E-state index contributed by atoms with van der Waals surface area (Å²) in [6, 6.07) is 7.62. The van der Waals surface area contributed by atoms with Gasteiger partial charge < -0.3 is 24.3 Å². The maximum Gasteiger partial charge on any atom is 0.262 e. The number of rotatable bonds is 9. The monoisotopic (exact) mass is 519 g/mol. The van der Waals surface area contributed by atoms with Crippen molar-refractivity contribution in [3.63, 3.8) is 0 Å². The van der Waals surface area contributed by atoms with Crippen LogP contribution in [-0.4, -0.2) is 44.6 Å². The van der Waals surface area contributed by atoms with E-state index in [2.05, 4.69) is 31.8 Å². The first-order valence-electron chi connectivity index (χ1n) is 10.4. The molecular formula is C23H26BrN3O6. The van der Waals surface area contributed by atoms with Gasteiger partial charge >= 0.3 is 0 Å². The highest BCUT2D eigenvalue weighted by Gasteiger charge is 2.25. The van der Waals surface area contributed by atoms with Crippen LogP contribution in [0.3, 0.4) is 0 Å². The SMILES string of the molecule is CCOc1cc(C=NNC(=O)C(NC(=O)c2ccc3c(c2)OCO3)C(C)C)cc(Br)c1OC. The summed E-state index contributed by atoms with van der Waals surface area (Å²) in [5.74, 6) is 1.20. The molecule has 33 heavy (non-hydrogen) atoms. The first kappa shape index (κ1) is 24.4. The third-order valence-corrected chi connectivity index (χ3v) is 5.38. The molecule has 2 aromatic carbocycles. The molecule has 2 aromatic rings. The van der Waals surface area contributed by atoms with Crippen LogP contribution in [0.25, 0.3) is 0 Å². The molecule has 176 valence electrons. The Kier molecular flexibility index (Phi) is 8.16. The molecule has 2 amide bonds. The van der Waals surface area contributed by atoms with Gasteiger partial charge in [-0.1, -0.05) is 13.8 Å². The molecule has 0 fully saturated rings. The molecule has 1 aliphatic rings. The molecule has 3 rings (SSSR count). The van der Waals surface area contributed by atoms with E-state index >= 15 is 0 Å². The summed E-state index contributed by atoms with van der Waals surface area (Å²) in [5, 5.41) is 6.80. The molecule has 0 radical (unpaired) electrons. The summed E-state index contributed by atoms with van der Waals surface area (Å²) in [6.45, 7) is 6.13. The second-order valence-electron chi connectivity index (χ2n) is 7.46. The van der Waals surface area contributed by atoms with E-state index in [0.717, 1.165) is 0 Å². The fourth-order valence-corrected chi connectivity index (χ4v) is 3.78. The molecule has 1 atom stereocenters. The number of hydrogen-bond acceptors (Lipinski definition) is 7. The molecule has 9 nitrogen and oxygen atoms in total. The Morgan fingerprint density at radius 2 is 1.97 bits per heavy atom. The number of amides is 2. The van der Waals surface area contributed by atoms with Crippen LogP contribution in [0, 0.1) is 5.92 Å². The number of hydrogen-bond donors (Lipinski definition) is 2. The normalized spacial score (nSPS) is 13.2. The van der Waals surface area contributed by atoms with Crippen LogP contribution in [0.5, 0.6) is 23.0 Å². The summed E-state index contributed by atoms with van der Waals surface area (Å²) in [7, 11) is 1.56. The Bertz CT molecular complexity index is 1060. The van der Waals surface area contributed by atoms with Crippen molar-refractivity contribution in [2.45, 2.75) is 26.8 Å². The number of carbonyl (C=O) groups excluding carboxylic acids is 2. The summed E-state index contributed by atoms with van der Waals surface area (Å²) >= 11 is 3.44. The van der Waals surface area contributed by atoms with Crippen molar-refractivity contribution in [3.05, 3.63) is 45.9 Å². The quantitative estimate of drug-likeness (QED) is 0.387. The van der Waals surface area contributed by atoms with Crippen LogP contribution in [0.15, 0.2) is 39.9 Å². The lowest BCUT2D eigenvalue weighted by atomic mass is 10.0. The van der Waals surface area contributed by atoms with Crippen molar-refractivity contribution >= 4 is 34.0 Å². The molecule has 1 unspecified atom stereocenters. The molecule has 0 bridgehead atoms. The van der Waals surface area contributed by atoms with Gasteiger partial charge in [0.05, 0.1) is 24.4 Å². The average Bonchev–Trinajstić information content (AvgIpc) is 3.25. The highest BCUT2D eigenvalue weighted by molar-refractivity contribution is 9.10. The molecule has 1 heterocycles. The predicted octanol–water partition coefficient (Wildman–Crippen LogP) is 3.49. The van der Waals surface area contributed by atoms with Crippen molar-refractivity contribution < 1.29 is 28.5 Å². The maximum atomic E-state index is 12.7. The molecule has 1 aliphatic heterocycles. The smallest absolute Gasteiger partial charge is 0.262 e. The van der Waals surface area contributed by atoms with Crippen molar-refractivity contribution in [2.24, 2.45) is 11.0 Å². The number of fused-ring (bicyclic) bond motifs is 1. The zero-order chi connectivity index (χ0) is 24.0. The number of carbonyl (C=O) groups is 2. The lowest BCUT2D eigenvalue weighted by Crippen LogP contribution is -2.48. The summed E-state index contributed by atoms with van der Waals surface area (Å²) in [4.78, 5) is 25.4. The molecule has 0 aromatic heterocycles. The van der Waals surface area contributed by atoms with E-state index < -0.39 is 17.9 Å². The molecule has 0 saturated carbocycles. The Morgan fingerprint density at radius 1 is 1.21 bits per heavy atom. The van der Waals surface area contributed by atoms with Crippen molar-refractivity contribution in [3.8, 4) is 23.0 Å². The fraction of sp³-hybridized carbons (Fsp3) is 0.348. The van der Waals surface area contributed by atoms with Gasteiger partial charge in [-0.2, -0.15) is 5.10 Å². The lowest BCUT2D eigenvalue weighted by Gasteiger charge is -2.20.